The molecule has 1 heterocycles. The molecule has 146 valence electrons. The Morgan fingerprint density at radius 1 is 1.38 bits per heavy atom. The smallest absolute Gasteiger partial charge is 0.354 e. The summed E-state index contributed by atoms with van der Waals surface area (Å²) in [7, 11) is -4.39. The fourth-order valence-electron chi connectivity index (χ4n) is 2.31. The van der Waals surface area contributed by atoms with Gasteiger partial charge in [0.15, 0.2) is 0 Å². The molecule has 0 spiro atoms. The first-order valence-corrected chi connectivity index (χ1v) is 10.3. The van der Waals surface area contributed by atoms with E-state index < -0.39 is 44.4 Å². The number of benzene rings is 1. The van der Waals surface area contributed by atoms with E-state index in [1.54, 1.807) is 0 Å². The maximum absolute atomic E-state index is 13.4. The molecule has 1 amide bonds. The summed E-state index contributed by atoms with van der Waals surface area (Å²) in [5, 5.41) is 2.62. The fraction of sp³-hybridized carbons (Fsp3) is 0.533. The summed E-state index contributed by atoms with van der Waals surface area (Å²) >= 11 is 1.18. The lowest BCUT2D eigenvalue weighted by Crippen LogP contribution is -2.47. The Hall–Kier alpha value is -1.33. The Morgan fingerprint density at radius 2 is 2.04 bits per heavy atom. The van der Waals surface area contributed by atoms with Gasteiger partial charge in [-0.15, -0.1) is 11.8 Å². The second-order valence-electron chi connectivity index (χ2n) is 6.19. The SMILES string of the molecule is CC(C)CNC(=O)C1CSCN1S(=O)(=O)c1ccc(F)c(C(F)(F)F)c1. The van der Waals surface area contributed by atoms with Crippen molar-refractivity contribution < 1.29 is 30.8 Å². The van der Waals surface area contributed by atoms with Gasteiger partial charge in [0.05, 0.1) is 16.3 Å². The minimum absolute atomic E-state index is 0.0686. The lowest BCUT2D eigenvalue weighted by Gasteiger charge is -2.23. The van der Waals surface area contributed by atoms with Crippen LogP contribution in [0.25, 0.3) is 0 Å². The first kappa shape index (κ1) is 21.0. The normalized spacial score (nSPS) is 19.1. The molecule has 1 atom stereocenters. The van der Waals surface area contributed by atoms with Crippen molar-refractivity contribution in [3.05, 3.63) is 29.6 Å². The van der Waals surface area contributed by atoms with Crippen LogP contribution in [0.15, 0.2) is 23.1 Å². The van der Waals surface area contributed by atoms with Crippen LogP contribution in [0.2, 0.25) is 0 Å². The van der Waals surface area contributed by atoms with Gasteiger partial charge in [-0.25, -0.2) is 12.8 Å². The molecule has 0 saturated carbocycles. The minimum Gasteiger partial charge on any atom is -0.354 e. The van der Waals surface area contributed by atoms with E-state index in [1.165, 1.54) is 11.8 Å². The third-order valence-corrected chi connectivity index (χ3v) is 6.71. The Morgan fingerprint density at radius 3 is 2.62 bits per heavy atom. The summed E-state index contributed by atoms with van der Waals surface area (Å²) in [5.74, 6) is -1.79. The topological polar surface area (TPSA) is 66.5 Å². The Kier molecular flexibility index (Phi) is 6.24. The number of thioether (sulfide) groups is 1. The molecule has 1 aliphatic heterocycles. The average molecular weight is 414 g/mol. The first-order chi connectivity index (χ1) is 11.9. The highest BCUT2D eigenvalue weighted by Gasteiger charge is 2.41. The monoisotopic (exact) mass is 414 g/mol. The molecule has 26 heavy (non-hydrogen) atoms. The lowest BCUT2D eigenvalue weighted by atomic mass is 10.2. The number of sulfonamides is 1. The molecule has 0 bridgehead atoms. The number of amides is 1. The number of carbonyl (C=O) groups excluding carboxylic acids is 1. The van der Waals surface area contributed by atoms with Crippen LogP contribution >= 0.6 is 11.8 Å². The Labute approximate surface area is 153 Å². The molecule has 1 aromatic carbocycles. The van der Waals surface area contributed by atoms with Gasteiger partial charge in [-0.05, 0) is 24.1 Å². The van der Waals surface area contributed by atoms with Gasteiger partial charge in [-0.2, -0.15) is 17.5 Å². The van der Waals surface area contributed by atoms with E-state index in [1.807, 2.05) is 13.8 Å². The van der Waals surface area contributed by atoms with Crippen LogP contribution < -0.4 is 5.32 Å². The quantitative estimate of drug-likeness (QED) is 0.753. The van der Waals surface area contributed by atoms with Crippen LogP contribution in [0.1, 0.15) is 19.4 Å². The number of hydrogen-bond donors (Lipinski definition) is 1. The zero-order chi connectivity index (χ0) is 19.7. The molecule has 2 rings (SSSR count). The van der Waals surface area contributed by atoms with Gasteiger partial charge in [-0.3, -0.25) is 4.79 Å². The number of carbonyl (C=O) groups is 1. The van der Waals surface area contributed by atoms with Gasteiger partial charge in [0.2, 0.25) is 15.9 Å². The molecule has 5 nitrogen and oxygen atoms in total. The number of alkyl halides is 3. The van der Waals surface area contributed by atoms with Crippen LogP contribution in [0.3, 0.4) is 0 Å². The summed E-state index contributed by atoms with van der Waals surface area (Å²) in [4.78, 5) is 11.5. The highest BCUT2D eigenvalue weighted by Crippen LogP contribution is 2.35. The minimum atomic E-state index is -5.02. The van der Waals surface area contributed by atoms with E-state index in [0.29, 0.717) is 12.6 Å². The van der Waals surface area contributed by atoms with Gasteiger partial charge in [0, 0.05) is 12.3 Å². The van der Waals surface area contributed by atoms with Crippen molar-refractivity contribution in [2.75, 3.05) is 18.2 Å². The maximum Gasteiger partial charge on any atom is 0.419 e. The van der Waals surface area contributed by atoms with Crippen molar-refractivity contribution in [3.8, 4) is 0 Å². The van der Waals surface area contributed by atoms with Crippen molar-refractivity contribution in [2.45, 2.75) is 31.0 Å². The molecular formula is C15H18F4N2O3S2. The Bertz CT molecular complexity index is 782. The van der Waals surface area contributed by atoms with Crippen LogP contribution in [-0.2, 0) is 21.0 Å². The molecule has 1 N–H and O–H groups in total. The van der Waals surface area contributed by atoms with Gasteiger partial charge < -0.3 is 5.32 Å². The summed E-state index contributed by atoms with van der Waals surface area (Å²) < 4.78 is 78.3. The van der Waals surface area contributed by atoms with E-state index in [0.717, 1.165) is 10.4 Å². The number of nitrogens with one attached hydrogen (secondary N) is 1. The lowest BCUT2D eigenvalue weighted by molar-refractivity contribution is -0.140. The highest BCUT2D eigenvalue weighted by molar-refractivity contribution is 8.00. The number of hydrogen-bond acceptors (Lipinski definition) is 4. The van der Waals surface area contributed by atoms with Crippen molar-refractivity contribution in [3.63, 3.8) is 0 Å². The molecule has 1 aromatic rings. The summed E-state index contributed by atoms with van der Waals surface area (Å²) in [6.07, 6.45) is -5.02. The third kappa shape index (κ3) is 4.49. The maximum atomic E-state index is 13.4. The standard InChI is InChI=1S/C15H18F4N2O3S2/c1-9(2)6-20-14(22)13-7-25-8-21(13)26(23,24)10-3-4-12(16)11(5-10)15(17,18)19/h3-5,9,13H,6-8H2,1-2H3,(H,20,22). The van der Waals surface area contributed by atoms with E-state index in [2.05, 4.69) is 5.32 Å². The molecule has 0 aliphatic carbocycles. The van der Waals surface area contributed by atoms with Gasteiger partial charge in [-0.1, -0.05) is 13.8 Å². The molecule has 1 fully saturated rings. The highest BCUT2D eigenvalue weighted by atomic mass is 32.2. The zero-order valence-corrected chi connectivity index (χ0v) is 15.6. The second-order valence-corrected chi connectivity index (χ2v) is 9.08. The van der Waals surface area contributed by atoms with Gasteiger partial charge in [0.25, 0.3) is 0 Å². The van der Waals surface area contributed by atoms with Crippen LogP contribution in [0.4, 0.5) is 17.6 Å². The van der Waals surface area contributed by atoms with Crippen molar-refractivity contribution in [1.82, 2.24) is 9.62 Å². The zero-order valence-electron chi connectivity index (χ0n) is 14.0. The number of rotatable bonds is 5. The largest absolute Gasteiger partial charge is 0.419 e. The van der Waals surface area contributed by atoms with E-state index in [4.69, 9.17) is 0 Å². The molecule has 1 aliphatic rings. The molecule has 0 aromatic heterocycles. The average Bonchev–Trinajstić information content (AvgIpc) is 3.02. The van der Waals surface area contributed by atoms with Gasteiger partial charge >= 0.3 is 6.18 Å². The van der Waals surface area contributed by atoms with E-state index >= 15 is 0 Å². The van der Waals surface area contributed by atoms with Crippen LogP contribution in [0.5, 0.6) is 0 Å². The van der Waals surface area contributed by atoms with Gasteiger partial charge in [0.1, 0.15) is 11.9 Å². The number of halogens is 4. The summed E-state index contributed by atoms with van der Waals surface area (Å²) in [6, 6.07) is 0.471. The van der Waals surface area contributed by atoms with E-state index in [9.17, 15) is 30.8 Å². The van der Waals surface area contributed by atoms with Crippen LogP contribution in [0, 0.1) is 11.7 Å². The molecule has 1 unspecified atom stereocenters. The molecule has 11 heteroatoms. The third-order valence-electron chi connectivity index (χ3n) is 3.68. The second kappa shape index (κ2) is 7.73. The summed E-state index contributed by atoms with van der Waals surface area (Å²) in [5.41, 5.74) is -1.66. The first-order valence-electron chi connectivity index (χ1n) is 7.68. The summed E-state index contributed by atoms with van der Waals surface area (Å²) in [6.45, 7) is 4.09. The molecular weight excluding hydrogens is 396 g/mol. The van der Waals surface area contributed by atoms with Crippen LogP contribution in [-0.4, -0.2) is 42.8 Å². The van der Waals surface area contributed by atoms with Crippen molar-refractivity contribution in [1.29, 1.82) is 0 Å². The predicted molar refractivity (Wildman–Crippen MR) is 89.4 cm³/mol. The van der Waals surface area contributed by atoms with Crippen molar-refractivity contribution in [2.24, 2.45) is 5.92 Å². The fourth-order valence-corrected chi connectivity index (χ4v) is 5.49. The van der Waals surface area contributed by atoms with Crippen molar-refractivity contribution >= 4 is 27.7 Å². The van der Waals surface area contributed by atoms with E-state index in [-0.39, 0.29) is 23.6 Å². The molecule has 1 saturated heterocycles. The molecule has 0 radical (unpaired) electrons. The predicted octanol–water partition coefficient (Wildman–Crippen LogP) is 2.68. The Balaban J connectivity index is 2.33. The number of nitrogens with zero attached hydrogens (tertiary/aromatic N) is 1.